The van der Waals surface area contributed by atoms with E-state index >= 15 is 0 Å². The van der Waals surface area contributed by atoms with E-state index in [1.54, 1.807) is 0 Å². The van der Waals surface area contributed by atoms with Crippen LogP contribution in [0.5, 0.6) is 0 Å². The molecule has 1 aliphatic rings. The van der Waals surface area contributed by atoms with E-state index in [4.69, 9.17) is 0 Å². The summed E-state index contributed by atoms with van der Waals surface area (Å²) in [5.74, 6) is 1.06. The van der Waals surface area contributed by atoms with Crippen molar-refractivity contribution in [3.8, 4) is 0 Å². The molecule has 2 N–H and O–H groups in total. The molecule has 17 heavy (non-hydrogen) atoms. The summed E-state index contributed by atoms with van der Waals surface area (Å²) in [6.07, 6.45) is 6.83. The highest BCUT2D eigenvalue weighted by molar-refractivity contribution is 5.46. The van der Waals surface area contributed by atoms with Crippen molar-refractivity contribution < 1.29 is 0 Å². The van der Waals surface area contributed by atoms with Crippen molar-refractivity contribution in [2.75, 3.05) is 11.9 Å². The molecule has 94 valence electrons. The van der Waals surface area contributed by atoms with Crippen LogP contribution < -0.4 is 10.6 Å². The fourth-order valence-electron chi connectivity index (χ4n) is 2.27. The van der Waals surface area contributed by atoms with Crippen molar-refractivity contribution in [3.05, 3.63) is 23.9 Å². The number of piperidine rings is 1. The number of aromatic nitrogens is 1. The molecule has 0 aliphatic carbocycles. The standard InChI is InChI=1S/C14H23N3/c1-3-11(2)17-14-12(7-6-10-16-14)13-8-4-5-9-15-13/h6-7,10-11,13,15H,3-5,8-9H2,1-2H3,(H,16,17)/t11-,13-/m1/s1. The van der Waals surface area contributed by atoms with Crippen LogP contribution in [0.15, 0.2) is 18.3 Å². The SMILES string of the molecule is CC[C@@H](C)Nc1ncccc1[C@H]1CCCCN1. The molecule has 0 spiro atoms. The highest BCUT2D eigenvalue weighted by Crippen LogP contribution is 2.27. The molecular weight excluding hydrogens is 210 g/mol. The summed E-state index contributed by atoms with van der Waals surface area (Å²) in [4.78, 5) is 4.49. The van der Waals surface area contributed by atoms with Gasteiger partial charge in [0.15, 0.2) is 0 Å². The number of nitrogens with one attached hydrogen (secondary N) is 2. The molecule has 0 saturated carbocycles. The van der Waals surface area contributed by atoms with E-state index in [9.17, 15) is 0 Å². The number of hydrogen-bond donors (Lipinski definition) is 2. The zero-order valence-corrected chi connectivity index (χ0v) is 10.9. The fraction of sp³-hybridized carbons (Fsp3) is 0.643. The molecule has 0 radical (unpaired) electrons. The maximum Gasteiger partial charge on any atom is 0.130 e. The van der Waals surface area contributed by atoms with Crippen molar-refractivity contribution >= 4 is 5.82 Å². The van der Waals surface area contributed by atoms with Gasteiger partial charge in [-0.3, -0.25) is 0 Å². The first-order valence-electron chi connectivity index (χ1n) is 6.76. The maximum atomic E-state index is 4.49. The molecule has 0 unspecified atom stereocenters. The van der Waals surface area contributed by atoms with E-state index in [2.05, 4.69) is 35.5 Å². The second-order valence-electron chi connectivity index (χ2n) is 4.90. The van der Waals surface area contributed by atoms with Crippen LogP contribution >= 0.6 is 0 Å². The van der Waals surface area contributed by atoms with Crippen molar-refractivity contribution in [2.45, 2.75) is 51.6 Å². The van der Waals surface area contributed by atoms with Gasteiger partial charge >= 0.3 is 0 Å². The topological polar surface area (TPSA) is 37.0 Å². The van der Waals surface area contributed by atoms with E-state index in [-0.39, 0.29) is 0 Å². The van der Waals surface area contributed by atoms with Gasteiger partial charge in [-0.25, -0.2) is 4.98 Å². The van der Waals surface area contributed by atoms with E-state index in [0.29, 0.717) is 12.1 Å². The number of pyridine rings is 1. The van der Waals surface area contributed by atoms with Gasteiger partial charge in [-0.2, -0.15) is 0 Å². The lowest BCUT2D eigenvalue weighted by atomic mass is 9.98. The van der Waals surface area contributed by atoms with Gasteiger partial charge in [-0.1, -0.05) is 19.4 Å². The third-order valence-electron chi connectivity index (χ3n) is 3.52. The van der Waals surface area contributed by atoms with Crippen LogP contribution in [0.25, 0.3) is 0 Å². The Kier molecular flexibility index (Phi) is 4.37. The molecule has 1 aromatic heterocycles. The van der Waals surface area contributed by atoms with Crippen LogP contribution in [0.3, 0.4) is 0 Å². The Hall–Kier alpha value is -1.09. The van der Waals surface area contributed by atoms with Crippen molar-refractivity contribution in [1.29, 1.82) is 0 Å². The normalized spacial score (nSPS) is 22.1. The van der Waals surface area contributed by atoms with Gasteiger partial charge < -0.3 is 10.6 Å². The first-order chi connectivity index (χ1) is 8.31. The quantitative estimate of drug-likeness (QED) is 0.839. The highest BCUT2D eigenvalue weighted by Gasteiger charge is 2.18. The number of hydrogen-bond acceptors (Lipinski definition) is 3. The minimum absolute atomic E-state index is 0.476. The minimum Gasteiger partial charge on any atom is -0.367 e. The Morgan fingerprint density at radius 2 is 2.41 bits per heavy atom. The number of nitrogens with zero attached hydrogens (tertiary/aromatic N) is 1. The van der Waals surface area contributed by atoms with Crippen LogP contribution in [0.4, 0.5) is 5.82 Å². The van der Waals surface area contributed by atoms with Gasteiger partial charge in [0.1, 0.15) is 5.82 Å². The lowest BCUT2D eigenvalue weighted by Gasteiger charge is -2.26. The first-order valence-corrected chi connectivity index (χ1v) is 6.76. The Morgan fingerprint density at radius 1 is 1.53 bits per heavy atom. The van der Waals surface area contributed by atoms with Crippen LogP contribution in [0, 0.1) is 0 Å². The number of rotatable bonds is 4. The molecule has 2 heterocycles. The van der Waals surface area contributed by atoms with Crippen LogP contribution in [-0.2, 0) is 0 Å². The van der Waals surface area contributed by atoms with Crippen molar-refractivity contribution in [2.24, 2.45) is 0 Å². The van der Waals surface area contributed by atoms with E-state index in [1.165, 1.54) is 24.8 Å². The Morgan fingerprint density at radius 3 is 3.12 bits per heavy atom. The molecule has 3 nitrogen and oxygen atoms in total. The molecule has 1 fully saturated rings. The summed E-state index contributed by atoms with van der Waals surface area (Å²) >= 11 is 0. The van der Waals surface area contributed by atoms with Gasteiger partial charge in [-0.15, -0.1) is 0 Å². The fourth-order valence-corrected chi connectivity index (χ4v) is 2.27. The molecule has 2 rings (SSSR count). The third kappa shape index (κ3) is 3.19. The molecule has 0 bridgehead atoms. The van der Waals surface area contributed by atoms with E-state index in [0.717, 1.165) is 18.8 Å². The summed E-state index contributed by atoms with van der Waals surface area (Å²) in [5.41, 5.74) is 1.33. The smallest absolute Gasteiger partial charge is 0.130 e. The average molecular weight is 233 g/mol. The molecule has 0 aromatic carbocycles. The summed E-state index contributed by atoms with van der Waals surface area (Å²) in [6, 6.07) is 5.19. The number of anilines is 1. The minimum atomic E-state index is 0.476. The summed E-state index contributed by atoms with van der Waals surface area (Å²) in [7, 11) is 0. The van der Waals surface area contributed by atoms with Gasteiger partial charge in [0.05, 0.1) is 0 Å². The van der Waals surface area contributed by atoms with Crippen LogP contribution in [-0.4, -0.2) is 17.6 Å². The second-order valence-corrected chi connectivity index (χ2v) is 4.90. The van der Waals surface area contributed by atoms with Gasteiger partial charge in [0, 0.05) is 23.8 Å². The Labute approximate surface area is 104 Å². The zero-order valence-electron chi connectivity index (χ0n) is 10.9. The largest absolute Gasteiger partial charge is 0.367 e. The molecule has 2 atom stereocenters. The second kappa shape index (κ2) is 6.01. The third-order valence-corrected chi connectivity index (χ3v) is 3.52. The first kappa shape index (κ1) is 12.4. The zero-order chi connectivity index (χ0) is 12.1. The summed E-state index contributed by atoms with van der Waals surface area (Å²) < 4.78 is 0. The maximum absolute atomic E-state index is 4.49. The summed E-state index contributed by atoms with van der Waals surface area (Å²) in [6.45, 7) is 5.52. The van der Waals surface area contributed by atoms with Crippen LogP contribution in [0.1, 0.15) is 51.1 Å². The lowest BCUT2D eigenvalue weighted by Crippen LogP contribution is -2.28. The van der Waals surface area contributed by atoms with Gasteiger partial charge in [0.25, 0.3) is 0 Å². The highest BCUT2D eigenvalue weighted by atomic mass is 15.0. The molecule has 3 heteroatoms. The summed E-state index contributed by atoms with van der Waals surface area (Å²) in [5, 5.41) is 7.09. The van der Waals surface area contributed by atoms with Crippen molar-refractivity contribution in [1.82, 2.24) is 10.3 Å². The molecule has 0 amide bonds. The molecular formula is C14H23N3. The predicted octanol–water partition coefficient (Wildman–Crippen LogP) is 3.11. The lowest BCUT2D eigenvalue weighted by molar-refractivity contribution is 0.412. The van der Waals surface area contributed by atoms with Crippen LogP contribution in [0.2, 0.25) is 0 Å². The van der Waals surface area contributed by atoms with Gasteiger partial charge in [-0.05, 0) is 38.8 Å². The Balaban J connectivity index is 2.14. The Bertz CT molecular complexity index is 345. The molecule has 1 aliphatic heterocycles. The monoisotopic (exact) mass is 233 g/mol. The van der Waals surface area contributed by atoms with E-state index in [1.807, 2.05) is 12.3 Å². The van der Waals surface area contributed by atoms with Gasteiger partial charge in [0.2, 0.25) is 0 Å². The molecule has 1 aromatic rings. The predicted molar refractivity (Wildman–Crippen MR) is 72.2 cm³/mol. The van der Waals surface area contributed by atoms with E-state index < -0.39 is 0 Å². The molecule has 1 saturated heterocycles. The average Bonchev–Trinajstić information content (AvgIpc) is 2.40. The van der Waals surface area contributed by atoms with Crippen molar-refractivity contribution in [3.63, 3.8) is 0 Å².